The number of carbonyl (C=O) groups excluding carboxylic acids is 1. The first-order chi connectivity index (χ1) is 10.1. The Morgan fingerprint density at radius 3 is 2.52 bits per heavy atom. The van der Waals surface area contributed by atoms with Crippen LogP contribution in [0.3, 0.4) is 0 Å². The van der Waals surface area contributed by atoms with Gasteiger partial charge in [0.1, 0.15) is 6.29 Å². The first-order valence-corrected chi connectivity index (χ1v) is 6.70. The summed E-state index contributed by atoms with van der Waals surface area (Å²) in [5.41, 5.74) is 5.51. The molecule has 0 saturated carbocycles. The summed E-state index contributed by atoms with van der Waals surface area (Å²) in [7, 11) is 1.98. The van der Waals surface area contributed by atoms with E-state index in [-0.39, 0.29) is 6.54 Å². The Morgan fingerprint density at radius 2 is 2.19 bits per heavy atom. The molecular formula is C15H25N3O3. The van der Waals surface area contributed by atoms with Crippen LogP contribution in [-0.4, -0.2) is 42.5 Å². The van der Waals surface area contributed by atoms with Gasteiger partial charge in [-0.05, 0) is 37.7 Å². The van der Waals surface area contributed by atoms with Crippen molar-refractivity contribution in [1.82, 2.24) is 10.3 Å². The van der Waals surface area contributed by atoms with E-state index in [2.05, 4.69) is 23.0 Å². The number of carboxylic acid groups (broad SMARTS) is 1. The lowest BCUT2D eigenvalue weighted by molar-refractivity contribution is -0.135. The Labute approximate surface area is 126 Å². The molecule has 1 rings (SSSR count). The summed E-state index contributed by atoms with van der Waals surface area (Å²) >= 11 is 0. The Hall–Kier alpha value is -2.05. The smallest absolute Gasteiger partial charge is 0.317 e. The molecule has 0 aliphatic rings. The quantitative estimate of drug-likeness (QED) is 0.415. The molecule has 1 aromatic heterocycles. The number of unbranched alkanes of at least 4 members (excludes halogenated alkanes) is 1. The van der Waals surface area contributed by atoms with Crippen molar-refractivity contribution in [2.24, 2.45) is 5.73 Å². The van der Waals surface area contributed by atoms with Crippen molar-refractivity contribution in [3.8, 4) is 0 Å². The fourth-order valence-electron chi connectivity index (χ4n) is 0.979. The number of rotatable bonds is 6. The third-order valence-corrected chi connectivity index (χ3v) is 2.01. The predicted octanol–water partition coefficient (Wildman–Crippen LogP) is 1.33. The van der Waals surface area contributed by atoms with Gasteiger partial charge in [-0.2, -0.15) is 0 Å². The van der Waals surface area contributed by atoms with Gasteiger partial charge in [0.05, 0.1) is 6.54 Å². The highest BCUT2D eigenvalue weighted by Gasteiger charge is 1.81. The van der Waals surface area contributed by atoms with Crippen LogP contribution in [0.4, 0.5) is 0 Å². The molecule has 0 unspecified atom stereocenters. The summed E-state index contributed by atoms with van der Waals surface area (Å²) in [5.74, 6) is -0.968. The number of nitrogens with two attached hydrogens (primary N) is 1. The lowest BCUT2D eigenvalue weighted by atomic mass is 10.3. The van der Waals surface area contributed by atoms with Gasteiger partial charge in [0.15, 0.2) is 0 Å². The number of allylic oxidation sites excluding steroid dienone is 1. The summed E-state index contributed by atoms with van der Waals surface area (Å²) in [6.45, 7) is 3.08. The number of hydrogen-bond donors (Lipinski definition) is 3. The number of carbonyl (C=O) groups is 2. The van der Waals surface area contributed by atoms with Crippen molar-refractivity contribution in [1.29, 1.82) is 0 Å². The summed E-state index contributed by atoms with van der Waals surface area (Å²) in [6.07, 6.45) is 9.87. The first-order valence-electron chi connectivity index (χ1n) is 6.70. The number of pyridine rings is 1. The van der Waals surface area contributed by atoms with Crippen LogP contribution in [-0.2, 0) is 9.59 Å². The van der Waals surface area contributed by atoms with E-state index in [0.717, 1.165) is 18.4 Å². The number of carboxylic acids is 1. The maximum atomic E-state index is 9.87. The Morgan fingerprint density at radius 1 is 1.52 bits per heavy atom. The van der Waals surface area contributed by atoms with Crippen LogP contribution < -0.4 is 11.1 Å². The van der Waals surface area contributed by atoms with Crippen LogP contribution in [0, 0.1) is 0 Å². The second-order valence-corrected chi connectivity index (χ2v) is 3.84. The molecule has 0 bridgehead atoms. The normalized spacial score (nSPS) is 9.10. The van der Waals surface area contributed by atoms with Crippen molar-refractivity contribution in [3.63, 3.8) is 0 Å². The van der Waals surface area contributed by atoms with Gasteiger partial charge in [-0.1, -0.05) is 25.5 Å². The van der Waals surface area contributed by atoms with Gasteiger partial charge in [-0.3, -0.25) is 14.6 Å². The molecule has 0 spiro atoms. The highest BCUT2D eigenvalue weighted by molar-refractivity contribution is 5.73. The lowest BCUT2D eigenvalue weighted by Gasteiger charge is -1.89. The lowest BCUT2D eigenvalue weighted by Crippen LogP contribution is -2.10. The van der Waals surface area contributed by atoms with Crippen LogP contribution in [0.5, 0.6) is 0 Å². The third kappa shape index (κ3) is 20.4. The maximum Gasteiger partial charge on any atom is 0.317 e. The van der Waals surface area contributed by atoms with Crippen LogP contribution in [0.1, 0.15) is 25.3 Å². The number of nitrogens with zero attached hydrogens (tertiary/aromatic N) is 1. The van der Waals surface area contributed by atoms with Gasteiger partial charge >= 0.3 is 5.97 Å². The van der Waals surface area contributed by atoms with E-state index in [1.54, 1.807) is 18.5 Å². The molecule has 0 saturated heterocycles. The fraction of sp³-hybridized carbons (Fsp3) is 0.400. The largest absolute Gasteiger partial charge is 0.480 e. The Bertz CT molecular complexity index is 377. The summed E-state index contributed by atoms with van der Waals surface area (Å²) in [6, 6.07) is 3.71. The third-order valence-electron chi connectivity index (χ3n) is 2.01. The molecule has 0 atom stereocenters. The molecule has 0 aliphatic heterocycles. The number of nitrogens with one attached hydrogen (secondary N) is 1. The average Bonchev–Trinajstić information content (AvgIpc) is 2.53. The van der Waals surface area contributed by atoms with E-state index in [4.69, 9.17) is 5.11 Å². The monoisotopic (exact) mass is 295 g/mol. The number of hydrogen-bond acceptors (Lipinski definition) is 5. The number of aldehydes is 1. The standard InChI is InChI=1S/C8H7NO.C5H13N.C2H5NO2/c10-6-2-4-8-3-1-5-9-7-8;1-3-4-5-6-2;3-1-2(4)5/h1-7H;6H,3-5H2,1-2H3;1,3H2,(H,4,5)/b4-2+;;. The SMILES string of the molecule is CCCCNC.NCC(=O)O.O=C/C=C/c1cccnc1. The minimum Gasteiger partial charge on any atom is -0.480 e. The van der Waals surface area contributed by atoms with Crippen molar-refractivity contribution in [2.75, 3.05) is 20.1 Å². The zero-order valence-corrected chi connectivity index (χ0v) is 12.7. The van der Waals surface area contributed by atoms with Crippen LogP contribution in [0.2, 0.25) is 0 Å². The predicted molar refractivity (Wildman–Crippen MR) is 84.9 cm³/mol. The van der Waals surface area contributed by atoms with Crippen LogP contribution >= 0.6 is 0 Å². The molecule has 118 valence electrons. The number of aromatic nitrogens is 1. The minimum absolute atomic E-state index is 0.278. The average molecular weight is 295 g/mol. The molecular weight excluding hydrogens is 270 g/mol. The Kier molecular flexibility index (Phi) is 18.2. The molecule has 0 amide bonds. The second kappa shape index (κ2) is 17.9. The second-order valence-electron chi connectivity index (χ2n) is 3.84. The van der Waals surface area contributed by atoms with Crippen molar-refractivity contribution in [2.45, 2.75) is 19.8 Å². The van der Waals surface area contributed by atoms with E-state index < -0.39 is 5.97 Å². The first kappa shape index (κ1) is 21.3. The van der Waals surface area contributed by atoms with Gasteiger partial charge in [0.2, 0.25) is 0 Å². The van der Waals surface area contributed by atoms with E-state index in [1.165, 1.54) is 18.9 Å². The van der Waals surface area contributed by atoms with E-state index in [9.17, 15) is 9.59 Å². The van der Waals surface area contributed by atoms with Crippen LogP contribution in [0.25, 0.3) is 6.08 Å². The summed E-state index contributed by atoms with van der Waals surface area (Å²) in [5, 5.41) is 10.7. The Balaban J connectivity index is 0. The minimum atomic E-state index is -0.968. The van der Waals surface area contributed by atoms with Crippen LogP contribution in [0.15, 0.2) is 30.6 Å². The summed E-state index contributed by atoms with van der Waals surface area (Å²) in [4.78, 5) is 23.0. The van der Waals surface area contributed by atoms with E-state index >= 15 is 0 Å². The molecule has 6 heteroatoms. The molecule has 4 N–H and O–H groups in total. The molecule has 0 fully saturated rings. The van der Waals surface area contributed by atoms with Gasteiger partial charge in [-0.15, -0.1) is 0 Å². The van der Waals surface area contributed by atoms with Gasteiger partial charge in [0.25, 0.3) is 0 Å². The van der Waals surface area contributed by atoms with Crippen molar-refractivity contribution >= 4 is 18.3 Å². The highest BCUT2D eigenvalue weighted by atomic mass is 16.4. The topological polar surface area (TPSA) is 105 Å². The van der Waals surface area contributed by atoms with Gasteiger partial charge < -0.3 is 16.2 Å². The molecule has 0 radical (unpaired) electrons. The highest BCUT2D eigenvalue weighted by Crippen LogP contribution is 1.96. The molecule has 0 aromatic carbocycles. The summed E-state index contributed by atoms with van der Waals surface area (Å²) < 4.78 is 0. The zero-order chi connectivity index (χ0) is 16.3. The maximum absolute atomic E-state index is 9.87. The van der Waals surface area contributed by atoms with Gasteiger partial charge in [0, 0.05) is 12.4 Å². The van der Waals surface area contributed by atoms with E-state index in [0.29, 0.717) is 0 Å². The van der Waals surface area contributed by atoms with Crippen molar-refractivity contribution in [3.05, 3.63) is 36.2 Å². The molecule has 0 aliphatic carbocycles. The molecule has 1 aromatic rings. The molecule has 21 heavy (non-hydrogen) atoms. The number of aliphatic carboxylic acids is 1. The molecule has 1 heterocycles. The zero-order valence-electron chi connectivity index (χ0n) is 12.7. The molecule has 6 nitrogen and oxygen atoms in total. The fourth-order valence-corrected chi connectivity index (χ4v) is 0.979. The van der Waals surface area contributed by atoms with E-state index in [1.807, 2.05) is 19.2 Å². The van der Waals surface area contributed by atoms with Crippen molar-refractivity contribution < 1.29 is 14.7 Å². The van der Waals surface area contributed by atoms with Gasteiger partial charge in [-0.25, -0.2) is 0 Å².